The van der Waals surface area contributed by atoms with Crippen LogP contribution in [0.3, 0.4) is 0 Å². The standard InChI is InChI=1S/C19H22N2O2/c22-19(16-5-4-12-23-14-16)21-18-10-8-15(9-11-18)13-20-17-6-2-1-3-7-17/h1-3,6-11,16,20H,4-5,12-14H2,(H,21,22)/t16-/m0/s1. The third-order valence-corrected chi connectivity index (χ3v) is 4.02. The van der Waals surface area contributed by atoms with Crippen molar-refractivity contribution in [1.29, 1.82) is 0 Å². The monoisotopic (exact) mass is 310 g/mol. The SMILES string of the molecule is O=C(Nc1ccc(CNc2ccccc2)cc1)[C@H]1CCCOC1. The van der Waals surface area contributed by atoms with E-state index in [1.807, 2.05) is 54.6 Å². The molecule has 0 unspecified atom stereocenters. The molecule has 0 aromatic heterocycles. The van der Waals surface area contributed by atoms with E-state index in [1.54, 1.807) is 0 Å². The molecule has 2 aromatic carbocycles. The molecule has 1 atom stereocenters. The van der Waals surface area contributed by atoms with Gasteiger partial charge in [0.25, 0.3) is 0 Å². The Bertz CT molecular complexity index is 620. The number of anilines is 2. The van der Waals surface area contributed by atoms with Crippen molar-refractivity contribution in [3.05, 3.63) is 60.2 Å². The Morgan fingerprint density at radius 1 is 1.04 bits per heavy atom. The highest BCUT2D eigenvalue weighted by molar-refractivity contribution is 5.92. The van der Waals surface area contributed by atoms with Crippen molar-refractivity contribution in [2.75, 3.05) is 23.8 Å². The second-order valence-electron chi connectivity index (χ2n) is 5.82. The Hall–Kier alpha value is -2.33. The van der Waals surface area contributed by atoms with E-state index < -0.39 is 0 Å². The topological polar surface area (TPSA) is 50.4 Å². The predicted octanol–water partition coefficient (Wildman–Crippen LogP) is 3.66. The Labute approximate surface area is 136 Å². The van der Waals surface area contributed by atoms with Crippen LogP contribution >= 0.6 is 0 Å². The van der Waals surface area contributed by atoms with E-state index >= 15 is 0 Å². The molecular formula is C19H22N2O2. The van der Waals surface area contributed by atoms with Crippen LogP contribution in [0.4, 0.5) is 11.4 Å². The zero-order valence-electron chi connectivity index (χ0n) is 13.1. The van der Waals surface area contributed by atoms with E-state index in [-0.39, 0.29) is 11.8 Å². The lowest BCUT2D eigenvalue weighted by atomic mass is 10.0. The number of para-hydroxylation sites is 1. The number of rotatable bonds is 5. The van der Waals surface area contributed by atoms with Gasteiger partial charge in [-0.25, -0.2) is 0 Å². The highest BCUT2D eigenvalue weighted by Crippen LogP contribution is 2.17. The fourth-order valence-corrected chi connectivity index (χ4v) is 2.66. The van der Waals surface area contributed by atoms with Crippen molar-refractivity contribution in [3.8, 4) is 0 Å². The first kappa shape index (κ1) is 15.6. The molecule has 1 aliphatic rings. The smallest absolute Gasteiger partial charge is 0.229 e. The van der Waals surface area contributed by atoms with Gasteiger partial charge in [-0.2, -0.15) is 0 Å². The first-order valence-corrected chi connectivity index (χ1v) is 8.08. The number of hydrogen-bond acceptors (Lipinski definition) is 3. The Morgan fingerprint density at radius 3 is 2.52 bits per heavy atom. The molecule has 4 nitrogen and oxygen atoms in total. The van der Waals surface area contributed by atoms with E-state index in [4.69, 9.17) is 4.74 Å². The number of ether oxygens (including phenoxy) is 1. The van der Waals surface area contributed by atoms with Crippen molar-refractivity contribution in [2.24, 2.45) is 5.92 Å². The van der Waals surface area contributed by atoms with E-state index in [0.717, 1.165) is 37.4 Å². The lowest BCUT2D eigenvalue weighted by molar-refractivity contribution is -0.123. The van der Waals surface area contributed by atoms with Crippen LogP contribution in [0.2, 0.25) is 0 Å². The Kier molecular flexibility index (Phi) is 5.27. The molecule has 0 spiro atoms. The van der Waals surface area contributed by atoms with Gasteiger partial charge in [-0.3, -0.25) is 4.79 Å². The molecule has 2 N–H and O–H groups in total. The quantitative estimate of drug-likeness (QED) is 0.886. The first-order valence-electron chi connectivity index (χ1n) is 8.08. The number of carbonyl (C=O) groups is 1. The first-order chi connectivity index (χ1) is 11.3. The molecule has 120 valence electrons. The molecule has 1 heterocycles. The number of amides is 1. The Morgan fingerprint density at radius 2 is 1.83 bits per heavy atom. The lowest BCUT2D eigenvalue weighted by Gasteiger charge is -2.21. The summed E-state index contributed by atoms with van der Waals surface area (Å²) in [6, 6.07) is 18.1. The fourth-order valence-electron chi connectivity index (χ4n) is 2.66. The van der Waals surface area contributed by atoms with Gasteiger partial charge in [0.15, 0.2) is 0 Å². The van der Waals surface area contributed by atoms with E-state index in [0.29, 0.717) is 6.61 Å². The van der Waals surface area contributed by atoms with Crippen molar-refractivity contribution in [3.63, 3.8) is 0 Å². The van der Waals surface area contributed by atoms with Gasteiger partial charge in [-0.15, -0.1) is 0 Å². The summed E-state index contributed by atoms with van der Waals surface area (Å²) in [6.07, 6.45) is 1.87. The largest absolute Gasteiger partial charge is 0.381 e. The van der Waals surface area contributed by atoms with Crippen molar-refractivity contribution < 1.29 is 9.53 Å². The lowest BCUT2D eigenvalue weighted by Crippen LogP contribution is -2.30. The summed E-state index contributed by atoms with van der Waals surface area (Å²) < 4.78 is 5.36. The van der Waals surface area contributed by atoms with Crippen LogP contribution in [0.15, 0.2) is 54.6 Å². The van der Waals surface area contributed by atoms with Crippen LogP contribution in [0.5, 0.6) is 0 Å². The summed E-state index contributed by atoms with van der Waals surface area (Å²) in [4.78, 5) is 12.2. The molecule has 0 saturated carbocycles. The zero-order chi connectivity index (χ0) is 15.9. The van der Waals surface area contributed by atoms with Crippen LogP contribution < -0.4 is 10.6 Å². The van der Waals surface area contributed by atoms with E-state index in [9.17, 15) is 4.79 Å². The normalized spacial score (nSPS) is 17.5. The molecule has 4 heteroatoms. The molecule has 1 fully saturated rings. The van der Waals surface area contributed by atoms with Crippen LogP contribution in [0.1, 0.15) is 18.4 Å². The maximum Gasteiger partial charge on any atom is 0.229 e. The van der Waals surface area contributed by atoms with Crippen LogP contribution in [0, 0.1) is 5.92 Å². The second kappa shape index (κ2) is 7.79. The fraction of sp³-hybridized carbons (Fsp3) is 0.316. The maximum atomic E-state index is 12.2. The molecule has 1 amide bonds. The number of carbonyl (C=O) groups excluding carboxylic acids is 1. The molecule has 0 radical (unpaired) electrons. The van der Waals surface area contributed by atoms with Gasteiger partial charge < -0.3 is 15.4 Å². The Balaban J connectivity index is 1.51. The zero-order valence-corrected chi connectivity index (χ0v) is 13.1. The summed E-state index contributed by atoms with van der Waals surface area (Å²) in [5.41, 5.74) is 3.11. The van der Waals surface area contributed by atoms with Crippen LogP contribution in [0.25, 0.3) is 0 Å². The van der Waals surface area contributed by atoms with Gasteiger partial charge in [-0.1, -0.05) is 30.3 Å². The molecule has 0 bridgehead atoms. The van der Waals surface area contributed by atoms with Gasteiger partial charge >= 0.3 is 0 Å². The molecule has 1 aliphatic heterocycles. The highest BCUT2D eigenvalue weighted by atomic mass is 16.5. The highest BCUT2D eigenvalue weighted by Gasteiger charge is 2.21. The van der Waals surface area contributed by atoms with Gasteiger partial charge in [0.1, 0.15) is 0 Å². The van der Waals surface area contributed by atoms with Crippen LogP contribution in [-0.2, 0) is 16.1 Å². The second-order valence-corrected chi connectivity index (χ2v) is 5.82. The molecule has 2 aromatic rings. The minimum atomic E-state index is -0.0248. The van der Waals surface area contributed by atoms with Gasteiger partial charge in [0, 0.05) is 24.5 Å². The minimum Gasteiger partial charge on any atom is -0.381 e. The summed E-state index contributed by atoms with van der Waals surface area (Å²) in [6.45, 7) is 2.06. The van der Waals surface area contributed by atoms with Crippen molar-refractivity contribution >= 4 is 17.3 Å². The molecule has 3 rings (SSSR count). The number of hydrogen-bond donors (Lipinski definition) is 2. The van der Waals surface area contributed by atoms with Crippen LogP contribution in [-0.4, -0.2) is 19.1 Å². The molecule has 23 heavy (non-hydrogen) atoms. The summed E-state index contributed by atoms with van der Waals surface area (Å²) >= 11 is 0. The third kappa shape index (κ3) is 4.57. The summed E-state index contributed by atoms with van der Waals surface area (Å²) in [5, 5.41) is 6.34. The van der Waals surface area contributed by atoms with Crippen molar-refractivity contribution in [2.45, 2.75) is 19.4 Å². The molecule has 0 aliphatic carbocycles. The van der Waals surface area contributed by atoms with Gasteiger partial charge in [-0.05, 0) is 42.7 Å². The summed E-state index contributed by atoms with van der Waals surface area (Å²) in [7, 11) is 0. The third-order valence-electron chi connectivity index (χ3n) is 4.02. The van der Waals surface area contributed by atoms with Gasteiger partial charge in [0.2, 0.25) is 5.91 Å². The van der Waals surface area contributed by atoms with E-state index in [2.05, 4.69) is 10.6 Å². The number of benzene rings is 2. The van der Waals surface area contributed by atoms with Gasteiger partial charge in [0.05, 0.1) is 12.5 Å². The average Bonchev–Trinajstić information content (AvgIpc) is 2.63. The summed E-state index contributed by atoms with van der Waals surface area (Å²) in [5.74, 6) is 0.0306. The predicted molar refractivity (Wildman–Crippen MR) is 92.4 cm³/mol. The number of nitrogens with one attached hydrogen (secondary N) is 2. The average molecular weight is 310 g/mol. The maximum absolute atomic E-state index is 12.2. The van der Waals surface area contributed by atoms with E-state index in [1.165, 1.54) is 5.56 Å². The van der Waals surface area contributed by atoms with Crippen molar-refractivity contribution in [1.82, 2.24) is 0 Å². The molecule has 1 saturated heterocycles. The minimum absolute atomic E-state index is 0.0248. The molecular weight excluding hydrogens is 288 g/mol.